The highest BCUT2D eigenvalue weighted by molar-refractivity contribution is 5.66. The summed E-state index contributed by atoms with van der Waals surface area (Å²) < 4.78 is 16.0. The highest BCUT2D eigenvalue weighted by Crippen LogP contribution is 2.37. The van der Waals surface area contributed by atoms with Crippen LogP contribution in [0.1, 0.15) is 0 Å². The average Bonchev–Trinajstić information content (AvgIpc) is 2.29. The van der Waals surface area contributed by atoms with E-state index in [9.17, 15) is 0 Å². The zero-order valence-corrected chi connectivity index (χ0v) is 10.4. The number of nitrogen functional groups attached to an aromatic ring is 1. The maximum atomic E-state index is 5.79. The molecule has 1 fully saturated rings. The third kappa shape index (κ3) is 2.03. The molecule has 0 amide bonds. The number of hydrogen-bond donors (Lipinski definition) is 1. The van der Waals surface area contributed by atoms with Crippen LogP contribution in [0.3, 0.4) is 0 Å². The molecule has 0 aromatic heterocycles. The van der Waals surface area contributed by atoms with Crippen molar-refractivity contribution >= 4 is 11.4 Å². The molecule has 0 saturated carbocycles. The quantitative estimate of drug-likeness (QED) is 0.628. The number of anilines is 2. The van der Waals surface area contributed by atoms with E-state index in [0.717, 1.165) is 11.4 Å². The van der Waals surface area contributed by atoms with Crippen molar-refractivity contribution in [3.05, 3.63) is 18.2 Å². The van der Waals surface area contributed by atoms with Gasteiger partial charge in [0.25, 0.3) is 0 Å². The van der Waals surface area contributed by atoms with Gasteiger partial charge in [-0.1, -0.05) is 0 Å². The number of rotatable bonds is 4. The summed E-state index contributed by atoms with van der Waals surface area (Å²) in [5, 5.41) is 0. The Hall–Kier alpha value is -1.46. The number of hydrogen-bond acceptors (Lipinski definition) is 5. The molecular weight excluding hydrogens is 220 g/mol. The Morgan fingerprint density at radius 3 is 2.35 bits per heavy atom. The fraction of sp³-hybridized carbons (Fsp3) is 0.500. The molecule has 1 aromatic carbocycles. The molecule has 1 saturated heterocycles. The number of ether oxygens (including phenoxy) is 3. The van der Waals surface area contributed by atoms with Crippen molar-refractivity contribution in [1.29, 1.82) is 0 Å². The predicted octanol–water partition coefficient (Wildman–Crippen LogP) is 1.09. The summed E-state index contributed by atoms with van der Waals surface area (Å²) in [4.78, 5) is 2.11. The zero-order chi connectivity index (χ0) is 12.5. The molecule has 94 valence electrons. The highest BCUT2D eigenvalue weighted by atomic mass is 16.7. The molecule has 0 bridgehead atoms. The molecule has 5 nitrogen and oxygen atoms in total. The van der Waals surface area contributed by atoms with Gasteiger partial charge < -0.3 is 24.8 Å². The van der Waals surface area contributed by atoms with Crippen LogP contribution in [0.15, 0.2) is 18.2 Å². The fourth-order valence-corrected chi connectivity index (χ4v) is 2.00. The second kappa shape index (κ2) is 4.43. The molecule has 0 atom stereocenters. The van der Waals surface area contributed by atoms with Gasteiger partial charge >= 0.3 is 0 Å². The van der Waals surface area contributed by atoms with Gasteiger partial charge in [0.15, 0.2) is 0 Å². The maximum Gasteiger partial charge on any atom is 0.203 e. The molecule has 1 aliphatic heterocycles. The SMILES string of the molecule is COc1ccc(N)cc1N1CC(OC)(OC)C1. The normalized spacial score (nSPS) is 17.7. The Kier molecular flexibility index (Phi) is 3.13. The minimum atomic E-state index is -0.504. The summed E-state index contributed by atoms with van der Waals surface area (Å²) in [7, 11) is 4.95. The molecule has 0 radical (unpaired) electrons. The van der Waals surface area contributed by atoms with Gasteiger partial charge in [-0.05, 0) is 18.2 Å². The number of nitrogens with zero attached hydrogens (tertiary/aromatic N) is 1. The molecule has 17 heavy (non-hydrogen) atoms. The maximum absolute atomic E-state index is 5.79. The average molecular weight is 238 g/mol. The van der Waals surface area contributed by atoms with Crippen LogP contribution in [0.25, 0.3) is 0 Å². The lowest BCUT2D eigenvalue weighted by molar-refractivity contribution is -0.219. The topological polar surface area (TPSA) is 57.0 Å². The van der Waals surface area contributed by atoms with E-state index in [1.54, 1.807) is 21.3 Å². The lowest BCUT2D eigenvalue weighted by atomic mass is 10.1. The first-order valence-electron chi connectivity index (χ1n) is 5.43. The van der Waals surface area contributed by atoms with Crippen molar-refractivity contribution in [2.75, 3.05) is 45.1 Å². The van der Waals surface area contributed by atoms with Crippen molar-refractivity contribution in [3.8, 4) is 5.75 Å². The Morgan fingerprint density at radius 1 is 1.18 bits per heavy atom. The van der Waals surface area contributed by atoms with Crippen molar-refractivity contribution in [3.63, 3.8) is 0 Å². The molecule has 2 N–H and O–H groups in total. The van der Waals surface area contributed by atoms with E-state index in [-0.39, 0.29) is 0 Å². The number of benzene rings is 1. The first-order valence-corrected chi connectivity index (χ1v) is 5.43. The molecular formula is C12H18N2O3. The van der Waals surface area contributed by atoms with Gasteiger partial charge in [-0.25, -0.2) is 0 Å². The standard InChI is InChI=1S/C12H18N2O3/c1-15-11-5-4-9(13)6-10(11)14-7-12(8-14,16-2)17-3/h4-6H,7-8,13H2,1-3H3. The monoisotopic (exact) mass is 238 g/mol. The molecule has 0 spiro atoms. The summed E-state index contributed by atoms with van der Waals surface area (Å²) in [6, 6.07) is 5.58. The summed E-state index contributed by atoms with van der Waals surface area (Å²) in [5.74, 6) is 0.301. The molecule has 0 aliphatic carbocycles. The van der Waals surface area contributed by atoms with Crippen LogP contribution in [0.4, 0.5) is 11.4 Å². The van der Waals surface area contributed by atoms with Crippen LogP contribution < -0.4 is 15.4 Å². The largest absolute Gasteiger partial charge is 0.495 e. The molecule has 1 heterocycles. The second-order valence-electron chi connectivity index (χ2n) is 4.11. The molecule has 2 rings (SSSR count). The van der Waals surface area contributed by atoms with Crippen molar-refractivity contribution in [2.24, 2.45) is 0 Å². The van der Waals surface area contributed by atoms with Crippen molar-refractivity contribution in [1.82, 2.24) is 0 Å². The fourth-order valence-electron chi connectivity index (χ4n) is 2.00. The van der Waals surface area contributed by atoms with E-state index in [1.807, 2.05) is 18.2 Å². The lowest BCUT2D eigenvalue weighted by Gasteiger charge is -2.48. The minimum Gasteiger partial charge on any atom is -0.495 e. The second-order valence-corrected chi connectivity index (χ2v) is 4.11. The van der Waals surface area contributed by atoms with Crippen LogP contribution in [-0.2, 0) is 9.47 Å². The first-order chi connectivity index (χ1) is 8.14. The van der Waals surface area contributed by atoms with Crippen molar-refractivity contribution < 1.29 is 14.2 Å². The van der Waals surface area contributed by atoms with E-state index in [0.29, 0.717) is 18.8 Å². The smallest absolute Gasteiger partial charge is 0.203 e. The van der Waals surface area contributed by atoms with E-state index in [1.165, 1.54) is 0 Å². The number of nitrogens with two attached hydrogens (primary N) is 1. The highest BCUT2D eigenvalue weighted by Gasteiger charge is 2.44. The third-order valence-electron chi connectivity index (χ3n) is 3.15. The van der Waals surface area contributed by atoms with Gasteiger partial charge in [-0.3, -0.25) is 0 Å². The van der Waals surface area contributed by atoms with Gasteiger partial charge in [-0.2, -0.15) is 0 Å². The predicted molar refractivity (Wildman–Crippen MR) is 66.4 cm³/mol. The number of methoxy groups -OCH3 is 3. The Labute approximate surface area is 101 Å². The van der Waals surface area contributed by atoms with Crippen LogP contribution in [0, 0.1) is 0 Å². The molecule has 0 unspecified atom stereocenters. The van der Waals surface area contributed by atoms with Crippen LogP contribution in [0.2, 0.25) is 0 Å². The van der Waals surface area contributed by atoms with Crippen LogP contribution >= 0.6 is 0 Å². The zero-order valence-electron chi connectivity index (χ0n) is 10.4. The minimum absolute atomic E-state index is 0.504. The molecule has 1 aliphatic rings. The third-order valence-corrected chi connectivity index (χ3v) is 3.15. The van der Waals surface area contributed by atoms with E-state index < -0.39 is 5.79 Å². The first kappa shape index (κ1) is 12.0. The van der Waals surface area contributed by atoms with Gasteiger partial charge in [0.05, 0.1) is 25.9 Å². The molecule has 1 aromatic rings. The van der Waals surface area contributed by atoms with Gasteiger partial charge in [0, 0.05) is 19.9 Å². The molecule has 5 heteroatoms. The van der Waals surface area contributed by atoms with E-state index in [4.69, 9.17) is 19.9 Å². The lowest BCUT2D eigenvalue weighted by Crippen LogP contribution is -2.64. The van der Waals surface area contributed by atoms with Gasteiger partial charge in [0.1, 0.15) is 5.75 Å². The Bertz CT molecular complexity index is 397. The van der Waals surface area contributed by atoms with E-state index in [2.05, 4.69) is 4.90 Å². The summed E-state index contributed by atoms with van der Waals surface area (Å²) >= 11 is 0. The van der Waals surface area contributed by atoms with Gasteiger partial charge in [-0.15, -0.1) is 0 Å². The van der Waals surface area contributed by atoms with E-state index >= 15 is 0 Å². The summed E-state index contributed by atoms with van der Waals surface area (Å²) in [6.45, 7) is 1.33. The van der Waals surface area contributed by atoms with Crippen LogP contribution in [0.5, 0.6) is 5.75 Å². The van der Waals surface area contributed by atoms with Crippen LogP contribution in [-0.4, -0.2) is 40.2 Å². The summed E-state index contributed by atoms with van der Waals surface area (Å²) in [5.41, 5.74) is 7.47. The van der Waals surface area contributed by atoms with Gasteiger partial charge in [0.2, 0.25) is 5.79 Å². The van der Waals surface area contributed by atoms with Crippen molar-refractivity contribution in [2.45, 2.75) is 5.79 Å². The Morgan fingerprint density at radius 2 is 1.82 bits per heavy atom. The Balaban J connectivity index is 2.18. The summed E-state index contributed by atoms with van der Waals surface area (Å²) in [6.07, 6.45) is 0.